The van der Waals surface area contributed by atoms with Crippen LogP contribution in [-0.4, -0.2) is 21.2 Å². The maximum atomic E-state index is 9.19. The first-order valence-electron chi connectivity index (χ1n) is 5.94. The highest BCUT2D eigenvalue weighted by Crippen LogP contribution is 2.28. The lowest BCUT2D eigenvalue weighted by Gasteiger charge is -2.05. The summed E-state index contributed by atoms with van der Waals surface area (Å²) in [6.07, 6.45) is 8.21. The molecule has 0 saturated carbocycles. The van der Waals surface area contributed by atoms with Gasteiger partial charge in [0, 0.05) is 5.56 Å². The van der Waals surface area contributed by atoms with Crippen LogP contribution in [0.3, 0.4) is 0 Å². The van der Waals surface area contributed by atoms with Crippen LogP contribution in [0.25, 0.3) is 16.6 Å². The third kappa shape index (κ3) is 3.13. The third-order valence-electron chi connectivity index (χ3n) is 2.71. The van der Waals surface area contributed by atoms with Gasteiger partial charge in [-0.3, -0.25) is 0 Å². The van der Waals surface area contributed by atoms with Gasteiger partial charge in [-0.2, -0.15) is 0 Å². The summed E-state index contributed by atoms with van der Waals surface area (Å²) in [6, 6.07) is 3.76. The highest BCUT2D eigenvalue weighted by molar-refractivity contribution is 6.33. The fraction of sp³-hybridized carbons (Fsp3) is 0.133. The van der Waals surface area contributed by atoms with Crippen molar-refractivity contribution >= 4 is 28.2 Å². The van der Waals surface area contributed by atoms with Crippen LogP contribution in [0.1, 0.15) is 12.5 Å². The number of aliphatic hydroxyl groups excluding tert-OH is 1. The van der Waals surface area contributed by atoms with E-state index in [2.05, 4.69) is 16.5 Å². The molecule has 1 unspecified atom stereocenters. The number of hydrogen-bond donors (Lipinski definition) is 2. The SMILES string of the molecule is C=C/C(=C\C=C\C(C)O)c1cc2nc[nH]c2cc1Cl. The average Bonchev–Trinajstić information content (AvgIpc) is 2.80. The van der Waals surface area contributed by atoms with E-state index in [1.807, 2.05) is 18.2 Å². The Hall–Kier alpha value is -1.84. The number of aromatic amines is 1. The van der Waals surface area contributed by atoms with Crippen LogP contribution in [-0.2, 0) is 0 Å². The van der Waals surface area contributed by atoms with Crippen molar-refractivity contribution in [3.05, 3.63) is 59.9 Å². The molecular formula is C15H15ClN2O. The zero-order chi connectivity index (χ0) is 13.8. The molecule has 2 aromatic rings. The van der Waals surface area contributed by atoms with Gasteiger partial charge in [0.15, 0.2) is 0 Å². The normalized spacial score (nSPS) is 14.2. The lowest BCUT2D eigenvalue weighted by Crippen LogP contribution is -1.91. The minimum absolute atomic E-state index is 0.480. The number of aliphatic hydroxyl groups is 1. The lowest BCUT2D eigenvalue weighted by molar-refractivity contribution is 0.244. The Bertz CT molecular complexity index is 653. The molecule has 0 spiro atoms. The zero-order valence-corrected chi connectivity index (χ0v) is 11.4. The van der Waals surface area contributed by atoms with Gasteiger partial charge < -0.3 is 10.1 Å². The number of hydrogen-bond acceptors (Lipinski definition) is 2. The van der Waals surface area contributed by atoms with Crippen LogP contribution in [0.5, 0.6) is 0 Å². The number of imidazole rings is 1. The molecule has 0 amide bonds. The molecule has 4 heteroatoms. The molecule has 0 bridgehead atoms. The number of fused-ring (bicyclic) bond motifs is 1. The van der Waals surface area contributed by atoms with Crippen molar-refractivity contribution in [2.75, 3.05) is 0 Å². The largest absolute Gasteiger partial charge is 0.389 e. The fourth-order valence-electron chi connectivity index (χ4n) is 1.76. The molecule has 0 aliphatic heterocycles. The fourth-order valence-corrected chi connectivity index (χ4v) is 2.04. The molecule has 2 rings (SSSR count). The van der Waals surface area contributed by atoms with Crippen LogP contribution >= 0.6 is 11.6 Å². The molecular weight excluding hydrogens is 260 g/mol. The van der Waals surface area contributed by atoms with E-state index in [4.69, 9.17) is 11.6 Å². The number of allylic oxidation sites excluding steroid dienone is 4. The highest BCUT2D eigenvalue weighted by atomic mass is 35.5. The van der Waals surface area contributed by atoms with Crippen molar-refractivity contribution in [1.82, 2.24) is 9.97 Å². The molecule has 0 aliphatic rings. The predicted octanol–water partition coefficient (Wildman–Crippen LogP) is 3.72. The molecule has 19 heavy (non-hydrogen) atoms. The number of nitrogens with one attached hydrogen (secondary N) is 1. The van der Waals surface area contributed by atoms with Gasteiger partial charge in [0.25, 0.3) is 0 Å². The van der Waals surface area contributed by atoms with E-state index < -0.39 is 6.10 Å². The summed E-state index contributed by atoms with van der Waals surface area (Å²) in [5, 5.41) is 9.83. The summed E-state index contributed by atoms with van der Waals surface area (Å²) < 4.78 is 0. The molecule has 3 nitrogen and oxygen atoms in total. The Morgan fingerprint density at radius 2 is 2.32 bits per heavy atom. The topological polar surface area (TPSA) is 48.9 Å². The van der Waals surface area contributed by atoms with Crippen LogP contribution in [0.2, 0.25) is 5.02 Å². The van der Waals surface area contributed by atoms with Gasteiger partial charge in [0.1, 0.15) is 0 Å². The van der Waals surface area contributed by atoms with Crippen LogP contribution < -0.4 is 0 Å². The van der Waals surface area contributed by atoms with E-state index in [1.54, 1.807) is 31.5 Å². The Balaban J connectivity index is 2.45. The second-order valence-corrected chi connectivity index (χ2v) is 4.61. The van der Waals surface area contributed by atoms with Gasteiger partial charge in [0.05, 0.1) is 28.5 Å². The quantitative estimate of drug-likeness (QED) is 0.835. The number of aromatic nitrogens is 2. The molecule has 0 saturated heterocycles. The van der Waals surface area contributed by atoms with Crippen molar-refractivity contribution in [2.45, 2.75) is 13.0 Å². The van der Waals surface area contributed by atoms with E-state index in [-0.39, 0.29) is 0 Å². The van der Waals surface area contributed by atoms with Crippen molar-refractivity contribution in [2.24, 2.45) is 0 Å². The molecule has 1 heterocycles. The van der Waals surface area contributed by atoms with Crippen LogP contribution in [0, 0.1) is 0 Å². The Kier molecular flexibility index (Phi) is 4.20. The summed E-state index contributed by atoms with van der Waals surface area (Å²) in [4.78, 5) is 7.23. The van der Waals surface area contributed by atoms with Gasteiger partial charge in [-0.1, -0.05) is 42.5 Å². The smallest absolute Gasteiger partial charge is 0.0931 e. The first kappa shape index (κ1) is 13.6. The highest BCUT2D eigenvalue weighted by Gasteiger charge is 2.07. The zero-order valence-electron chi connectivity index (χ0n) is 10.6. The molecule has 0 fully saturated rings. The first-order valence-corrected chi connectivity index (χ1v) is 6.31. The number of nitrogens with zero attached hydrogens (tertiary/aromatic N) is 1. The average molecular weight is 275 g/mol. The molecule has 98 valence electrons. The number of H-pyrrole nitrogens is 1. The van der Waals surface area contributed by atoms with E-state index in [0.29, 0.717) is 5.02 Å². The minimum atomic E-state index is -0.480. The van der Waals surface area contributed by atoms with E-state index >= 15 is 0 Å². The van der Waals surface area contributed by atoms with Gasteiger partial charge in [-0.15, -0.1) is 0 Å². The van der Waals surface area contributed by atoms with E-state index in [9.17, 15) is 5.11 Å². The Labute approximate surface area is 116 Å². The van der Waals surface area contributed by atoms with Crippen molar-refractivity contribution < 1.29 is 5.11 Å². The van der Waals surface area contributed by atoms with Gasteiger partial charge in [0.2, 0.25) is 0 Å². The molecule has 0 radical (unpaired) electrons. The van der Waals surface area contributed by atoms with Crippen molar-refractivity contribution in [1.29, 1.82) is 0 Å². The lowest BCUT2D eigenvalue weighted by atomic mass is 10.0. The maximum absolute atomic E-state index is 9.19. The molecule has 1 atom stereocenters. The second-order valence-electron chi connectivity index (χ2n) is 4.20. The Morgan fingerprint density at radius 3 is 3.00 bits per heavy atom. The summed E-state index contributed by atoms with van der Waals surface area (Å²) in [5.41, 5.74) is 3.50. The molecule has 0 aliphatic carbocycles. The summed E-state index contributed by atoms with van der Waals surface area (Å²) in [7, 11) is 0. The van der Waals surface area contributed by atoms with Crippen LogP contribution in [0.15, 0.2) is 49.3 Å². The number of rotatable bonds is 4. The van der Waals surface area contributed by atoms with E-state index in [1.165, 1.54) is 0 Å². The van der Waals surface area contributed by atoms with E-state index in [0.717, 1.165) is 22.2 Å². The van der Waals surface area contributed by atoms with Crippen molar-refractivity contribution in [3.8, 4) is 0 Å². The van der Waals surface area contributed by atoms with Gasteiger partial charge in [-0.05, 0) is 24.6 Å². The van der Waals surface area contributed by atoms with Crippen molar-refractivity contribution in [3.63, 3.8) is 0 Å². The summed E-state index contributed by atoms with van der Waals surface area (Å²) in [5.74, 6) is 0. The van der Waals surface area contributed by atoms with Crippen LogP contribution in [0.4, 0.5) is 0 Å². The molecule has 2 N–H and O–H groups in total. The molecule has 1 aromatic carbocycles. The second kappa shape index (κ2) is 5.87. The number of benzene rings is 1. The first-order chi connectivity index (χ1) is 9.11. The number of halogens is 1. The summed E-state index contributed by atoms with van der Waals surface area (Å²) >= 11 is 6.27. The third-order valence-corrected chi connectivity index (χ3v) is 3.02. The maximum Gasteiger partial charge on any atom is 0.0931 e. The predicted molar refractivity (Wildman–Crippen MR) is 80.1 cm³/mol. The van der Waals surface area contributed by atoms with Gasteiger partial charge in [-0.25, -0.2) is 4.98 Å². The standard InChI is InChI=1S/C15H15ClN2O/c1-3-11(6-4-5-10(2)19)12-7-14-15(8-13(12)16)18-9-17-14/h3-10,19H,1H2,2H3,(H,17,18)/b5-4+,11-6+. The Morgan fingerprint density at radius 1 is 1.53 bits per heavy atom. The minimum Gasteiger partial charge on any atom is -0.389 e. The molecule has 1 aromatic heterocycles. The van der Waals surface area contributed by atoms with Gasteiger partial charge >= 0.3 is 0 Å². The monoisotopic (exact) mass is 274 g/mol. The summed E-state index contributed by atoms with van der Waals surface area (Å²) in [6.45, 7) is 5.49.